The first-order chi connectivity index (χ1) is 10.4. The van der Waals surface area contributed by atoms with Gasteiger partial charge in [-0.05, 0) is 38.4 Å². The summed E-state index contributed by atoms with van der Waals surface area (Å²) >= 11 is 0. The van der Waals surface area contributed by atoms with Gasteiger partial charge in [-0.25, -0.2) is 0 Å². The van der Waals surface area contributed by atoms with Crippen LogP contribution in [-0.4, -0.2) is 55.6 Å². The molecule has 1 aromatic carbocycles. The molecule has 3 nitrogen and oxygen atoms in total. The Kier molecular flexibility index (Phi) is 5.28. The first kappa shape index (κ1) is 15.0. The number of hydrogen-bond donors (Lipinski definition) is 1. The minimum atomic E-state index is 0.482. The predicted octanol–water partition coefficient (Wildman–Crippen LogP) is 2.51. The molecule has 2 fully saturated rings. The highest BCUT2D eigenvalue weighted by Gasteiger charge is 2.28. The standard InChI is InChI=1S/C18H29N3/c1-19-18(16-7-3-2-4-8-16)10-12-20-13-14-21-11-6-5-9-17(21)15-20/h2-4,7-8,17-19H,5-6,9-15H2,1H3. The molecule has 1 N–H and O–H groups in total. The lowest BCUT2D eigenvalue weighted by Gasteiger charge is -2.44. The van der Waals surface area contributed by atoms with Crippen molar-refractivity contribution >= 4 is 0 Å². The van der Waals surface area contributed by atoms with E-state index in [0.29, 0.717) is 6.04 Å². The number of benzene rings is 1. The topological polar surface area (TPSA) is 18.5 Å². The Hall–Kier alpha value is -0.900. The van der Waals surface area contributed by atoms with Crippen molar-refractivity contribution in [3.05, 3.63) is 35.9 Å². The largest absolute Gasteiger partial charge is 0.313 e. The fourth-order valence-electron chi connectivity index (χ4n) is 3.90. The number of hydrogen-bond acceptors (Lipinski definition) is 3. The highest BCUT2D eigenvalue weighted by Crippen LogP contribution is 2.22. The Morgan fingerprint density at radius 3 is 2.81 bits per heavy atom. The van der Waals surface area contributed by atoms with Gasteiger partial charge in [-0.1, -0.05) is 36.8 Å². The van der Waals surface area contributed by atoms with Crippen LogP contribution in [0.5, 0.6) is 0 Å². The fourth-order valence-corrected chi connectivity index (χ4v) is 3.90. The second-order valence-electron chi connectivity index (χ2n) is 6.53. The molecule has 2 saturated heterocycles. The van der Waals surface area contributed by atoms with E-state index in [9.17, 15) is 0 Å². The van der Waals surface area contributed by atoms with E-state index in [1.807, 2.05) is 0 Å². The summed E-state index contributed by atoms with van der Waals surface area (Å²) < 4.78 is 0. The van der Waals surface area contributed by atoms with Gasteiger partial charge >= 0.3 is 0 Å². The summed E-state index contributed by atoms with van der Waals surface area (Å²) in [5.41, 5.74) is 1.41. The second kappa shape index (κ2) is 7.39. The van der Waals surface area contributed by atoms with E-state index in [4.69, 9.17) is 0 Å². The molecule has 21 heavy (non-hydrogen) atoms. The maximum atomic E-state index is 3.48. The molecule has 0 spiro atoms. The number of fused-ring (bicyclic) bond motifs is 1. The third-order valence-corrected chi connectivity index (χ3v) is 5.21. The van der Waals surface area contributed by atoms with Gasteiger partial charge in [0.15, 0.2) is 0 Å². The zero-order chi connectivity index (χ0) is 14.5. The van der Waals surface area contributed by atoms with Crippen LogP contribution in [0.1, 0.15) is 37.3 Å². The van der Waals surface area contributed by atoms with E-state index < -0.39 is 0 Å². The molecule has 0 amide bonds. The summed E-state index contributed by atoms with van der Waals surface area (Å²) in [5.74, 6) is 0. The molecule has 116 valence electrons. The molecular formula is C18H29N3. The van der Waals surface area contributed by atoms with Gasteiger partial charge < -0.3 is 10.2 Å². The minimum absolute atomic E-state index is 0.482. The maximum Gasteiger partial charge on any atom is 0.0329 e. The normalized spacial score (nSPS) is 25.5. The molecule has 0 radical (unpaired) electrons. The second-order valence-corrected chi connectivity index (χ2v) is 6.53. The number of piperazine rings is 1. The molecular weight excluding hydrogens is 258 g/mol. The third-order valence-electron chi connectivity index (χ3n) is 5.21. The van der Waals surface area contributed by atoms with Gasteiger partial charge in [-0.3, -0.25) is 4.90 Å². The number of nitrogens with one attached hydrogen (secondary N) is 1. The summed E-state index contributed by atoms with van der Waals surface area (Å²) in [6, 6.07) is 12.2. The molecule has 0 saturated carbocycles. The van der Waals surface area contributed by atoms with Gasteiger partial charge in [0.2, 0.25) is 0 Å². The Bertz CT molecular complexity index is 420. The van der Waals surface area contributed by atoms with Gasteiger partial charge in [0, 0.05) is 38.3 Å². The molecule has 0 aliphatic carbocycles. The quantitative estimate of drug-likeness (QED) is 0.898. The van der Waals surface area contributed by atoms with Crippen LogP contribution in [0.25, 0.3) is 0 Å². The fraction of sp³-hybridized carbons (Fsp3) is 0.667. The first-order valence-corrected chi connectivity index (χ1v) is 8.55. The van der Waals surface area contributed by atoms with Gasteiger partial charge in [0.25, 0.3) is 0 Å². The SMILES string of the molecule is CNC(CCN1CCN2CCCCC2C1)c1ccccc1. The summed E-state index contributed by atoms with van der Waals surface area (Å²) in [5, 5.41) is 3.48. The Labute approximate surface area is 129 Å². The molecule has 2 heterocycles. The number of piperidine rings is 1. The predicted molar refractivity (Wildman–Crippen MR) is 88.5 cm³/mol. The van der Waals surface area contributed by atoms with Gasteiger partial charge in [0.05, 0.1) is 0 Å². The van der Waals surface area contributed by atoms with Crippen molar-refractivity contribution < 1.29 is 0 Å². The lowest BCUT2D eigenvalue weighted by Crippen LogP contribution is -2.55. The van der Waals surface area contributed by atoms with Crippen LogP contribution < -0.4 is 5.32 Å². The Balaban J connectivity index is 1.50. The van der Waals surface area contributed by atoms with Gasteiger partial charge in [0.1, 0.15) is 0 Å². The van der Waals surface area contributed by atoms with Crippen molar-refractivity contribution in [2.24, 2.45) is 0 Å². The highest BCUT2D eigenvalue weighted by atomic mass is 15.3. The Morgan fingerprint density at radius 1 is 1.14 bits per heavy atom. The van der Waals surface area contributed by atoms with Crippen LogP contribution in [0, 0.1) is 0 Å². The molecule has 1 aromatic rings. The third kappa shape index (κ3) is 3.85. The van der Waals surface area contributed by atoms with Gasteiger partial charge in [-0.15, -0.1) is 0 Å². The smallest absolute Gasteiger partial charge is 0.0329 e. The molecule has 2 atom stereocenters. The zero-order valence-electron chi connectivity index (χ0n) is 13.3. The molecule has 3 heteroatoms. The number of rotatable bonds is 5. The van der Waals surface area contributed by atoms with Crippen LogP contribution >= 0.6 is 0 Å². The van der Waals surface area contributed by atoms with E-state index in [1.54, 1.807) is 0 Å². The van der Waals surface area contributed by atoms with Crippen molar-refractivity contribution in [1.82, 2.24) is 15.1 Å². The molecule has 3 rings (SSSR count). The lowest BCUT2D eigenvalue weighted by molar-refractivity contribution is 0.0477. The van der Waals surface area contributed by atoms with E-state index in [-0.39, 0.29) is 0 Å². The van der Waals surface area contributed by atoms with Crippen LogP contribution in [0.3, 0.4) is 0 Å². The monoisotopic (exact) mass is 287 g/mol. The van der Waals surface area contributed by atoms with E-state index in [0.717, 1.165) is 6.04 Å². The minimum Gasteiger partial charge on any atom is -0.313 e. The van der Waals surface area contributed by atoms with Crippen LogP contribution in [0.15, 0.2) is 30.3 Å². The van der Waals surface area contributed by atoms with E-state index in [1.165, 1.54) is 64.0 Å². The van der Waals surface area contributed by atoms with Gasteiger partial charge in [-0.2, -0.15) is 0 Å². The highest BCUT2D eigenvalue weighted by molar-refractivity contribution is 5.18. The van der Waals surface area contributed by atoms with E-state index in [2.05, 4.69) is 52.5 Å². The van der Waals surface area contributed by atoms with Crippen molar-refractivity contribution in [3.8, 4) is 0 Å². The zero-order valence-corrected chi connectivity index (χ0v) is 13.3. The first-order valence-electron chi connectivity index (χ1n) is 8.55. The van der Waals surface area contributed by atoms with Crippen molar-refractivity contribution in [3.63, 3.8) is 0 Å². The van der Waals surface area contributed by atoms with Crippen molar-refractivity contribution in [2.45, 2.75) is 37.8 Å². The van der Waals surface area contributed by atoms with Crippen molar-refractivity contribution in [2.75, 3.05) is 39.8 Å². The summed E-state index contributed by atoms with van der Waals surface area (Å²) in [7, 11) is 2.08. The molecule has 2 aliphatic heterocycles. The lowest BCUT2D eigenvalue weighted by atomic mass is 9.98. The van der Waals surface area contributed by atoms with Crippen molar-refractivity contribution in [1.29, 1.82) is 0 Å². The number of nitrogens with zero attached hydrogens (tertiary/aromatic N) is 2. The summed E-state index contributed by atoms with van der Waals surface area (Å²) in [6.07, 6.45) is 5.45. The average Bonchev–Trinajstić information content (AvgIpc) is 2.56. The van der Waals surface area contributed by atoms with Crippen LogP contribution in [0.2, 0.25) is 0 Å². The van der Waals surface area contributed by atoms with E-state index >= 15 is 0 Å². The molecule has 2 aliphatic rings. The molecule has 2 unspecified atom stereocenters. The summed E-state index contributed by atoms with van der Waals surface area (Å²) in [6.45, 7) is 6.36. The molecule has 0 aromatic heterocycles. The average molecular weight is 287 g/mol. The van der Waals surface area contributed by atoms with Crippen LogP contribution in [-0.2, 0) is 0 Å². The Morgan fingerprint density at radius 2 is 2.00 bits per heavy atom. The summed E-state index contributed by atoms with van der Waals surface area (Å²) in [4.78, 5) is 5.40. The molecule has 0 bridgehead atoms. The van der Waals surface area contributed by atoms with Crippen LogP contribution in [0.4, 0.5) is 0 Å². The maximum absolute atomic E-state index is 3.48.